The number of carbonyl (C=O) groups excluding carboxylic acids is 2. The number of halogens is 1. The highest BCUT2D eigenvalue weighted by atomic mass is 35.5. The van der Waals surface area contributed by atoms with Gasteiger partial charge in [0.05, 0.1) is 13.1 Å². The molecule has 0 radical (unpaired) electrons. The molecule has 0 atom stereocenters. The largest absolute Gasteiger partial charge is 0.369 e. The van der Waals surface area contributed by atoms with Gasteiger partial charge in [-0.15, -0.1) is 0 Å². The summed E-state index contributed by atoms with van der Waals surface area (Å²) in [5, 5.41) is 3.60. The summed E-state index contributed by atoms with van der Waals surface area (Å²) in [5.41, 5.74) is 0.817. The summed E-state index contributed by atoms with van der Waals surface area (Å²) >= 11 is 6.06. The van der Waals surface area contributed by atoms with E-state index in [4.69, 9.17) is 11.6 Å². The Balaban J connectivity index is 1.77. The maximum atomic E-state index is 12.4. The van der Waals surface area contributed by atoms with Crippen LogP contribution in [-0.4, -0.2) is 73.5 Å². The molecule has 2 rings (SSSR count). The number of nitrogens with zero attached hydrogens (tertiary/aromatic N) is 3. The van der Waals surface area contributed by atoms with E-state index in [0.29, 0.717) is 6.54 Å². The van der Waals surface area contributed by atoms with Crippen LogP contribution in [0.15, 0.2) is 24.3 Å². The fourth-order valence-corrected chi connectivity index (χ4v) is 3.09. The molecule has 7 heteroatoms. The van der Waals surface area contributed by atoms with E-state index >= 15 is 0 Å². The second-order valence-corrected chi connectivity index (χ2v) is 8.23. The van der Waals surface area contributed by atoms with E-state index in [1.54, 1.807) is 7.05 Å². The molecule has 1 saturated heterocycles. The zero-order valence-corrected chi connectivity index (χ0v) is 16.8. The van der Waals surface area contributed by atoms with Crippen molar-refractivity contribution in [3.05, 3.63) is 29.3 Å². The second kappa shape index (κ2) is 8.73. The van der Waals surface area contributed by atoms with Crippen molar-refractivity contribution in [1.29, 1.82) is 0 Å². The van der Waals surface area contributed by atoms with Crippen LogP contribution in [0.4, 0.5) is 5.69 Å². The quantitative estimate of drug-likeness (QED) is 0.846. The van der Waals surface area contributed by atoms with Crippen LogP contribution in [0, 0.1) is 0 Å². The Kier molecular flexibility index (Phi) is 6.89. The number of nitrogens with one attached hydrogen (secondary N) is 1. The second-order valence-electron chi connectivity index (χ2n) is 7.79. The fraction of sp³-hybridized carbons (Fsp3) is 0.579. The molecule has 0 unspecified atom stereocenters. The van der Waals surface area contributed by atoms with Gasteiger partial charge in [-0.1, -0.05) is 17.7 Å². The minimum Gasteiger partial charge on any atom is -0.369 e. The lowest BCUT2D eigenvalue weighted by molar-refractivity contribution is -0.136. The lowest BCUT2D eigenvalue weighted by Crippen LogP contribution is -2.51. The highest BCUT2D eigenvalue weighted by molar-refractivity contribution is 6.30. The van der Waals surface area contributed by atoms with Gasteiger partial charge in [-0.05, 0) is 39.0 Å². The molecule has 1 aliphatic rings. The number of piperazine rings is 1. The maximum absolute atomic E-state index is 12.4. The number of rotatable bonds is 5. The van der Waals surface area contributed by atoms with Crippen LogP contribution in [0.1, 0.15) is 20.8 Å². The van der Waals surface area contributed by atoms with Crippen LogP contribution < -0.4 is 10.2 Å². The van der Waals surface area contributed by atoms with Gasteiger partial charge in [-0.25, -0.2) is 0 Å². The Morgan fingerprint density at radius 3 is 2.42 bits per heavy atom. The number of anilines is 1. The zero-order valence-electron chi connectivity index (χ0n) is 16.1. The molecule has 1 fully saturated rings. The summed E-state index contributed by atoms with van der Waals surface area (Å²) in [7, 11) is 1.67. The molecule has 0 aliphatic carbocycles. The number of hydrogen-bond acceptors (Lipinski definition) is 4. The first-order valence-electron chi connectivity index (χ1n) is 8.92. The van der Waals surface area contributed by atoms with Crippen LogP contribution >= 0.6 is 11.6 Å². The summed E-state index contributed by atoms with van der Waals surface area (Å²) in [6, 6.07) is 7.83. The van der Waals surface area contributed by atoms with Gasteiger partial charge in [-0.2, -0.15) is 0 Å². The van der Waals surface area contributed by atoms with E-state index in [9.17, 15) is 9.59 Å². The van der Waals surface area contributed by atoms with E-state index in [1.165, 1.54) is 4.90 Å². The highest BCUT2D eigenvalue weighted by Crippen LogP contribution is 2.20. The maximum Gasteiger partial charge on any atom is 0.240 e. The molecule has 0 aromatic heterocycles. The Morgan fingerprint density at radius 2 is 1.85 bits per heavy atom. The fourth-order valence-electron chi connectivity index (χ4n) is 2.91. The standard InChI is InChI=1S/C19H29ClN4O2/c1-19(2,3)21-17(25)13-22(4)18(26)14-23-8-10-24(11-9-23)16-7-5-6-15(20)12-16/h5-7,12H,8-11,13-14H2,1-4H3,(H,21,25). The van der Waals surface area contributed by atoms with Crippen molar-refractivity contribution in [2.24, 2.45) is 0 Å². The SMILES string of the molecule is CN(CC(=O)NC(C)(C)C)C(=O)CN1CCN(c2cccc(Cl)c2)CC1. The Labute approximate surface area is 161 Å². The predicted octanol–water partition coefficient (Wildman–Crippen LogP) is 1.84. The molecular weight excluding hydrogens is 352 g/mol. The van der Waals surface area contributed by atoms with Gasteiger partial charge in [0.25, 0.3) is 0 Å². The molecular formula is C19H29ClN4O2. The first kappa shape index (κ1) is 20.5. The van der Waals surface area contributed by atoms with Crippen LogP contribution in [0.25, 0.3) is 0 Å². The lowest BCUT2D eigenvalue weighted by atomic mass is 10.1. The first-order valence-corrected chi connectivity index (χ1v) is 9.30. The van der Waals surface area contributed by atoms with E-state index in [-0.39, 0.29) is 23.9 Å². The molecule has 0 bridgehead atoms. The first-order chi connectivity index (χ1) is 12.1. The topological polar surface area (TPSA) is 55.9 Å². The van der Waals surface area contributed by atoms with Crippen molar-refractivity contribution < 1.29 is 9.59 Å². The molecule has 6 nitrogen and oxygen atoms in total. The van der Waals surface area contributed by atoms with Crippen molar-refractivity contribution in [3.8, 4) is 0 Å². The van der Waals surface area contributed by atoms with Gasteiger partial charge in [0, 0.05) is 49.5 Å². The van der Waals surface area contributed by atoms with Gasteiger partial charge < -0.3 is 15.1 Å². The van der Waals surface area contributed by atoms with Crippen molar-refractivity contribution in [2.75, 3.05) is 51.2 Å². The van der Waals surface area contributed by atoms with Crippen molar-refractivity contribution in [1.82, 2.24) is 15.1 Å². The lowest BCUT2D eigenvalue weighted by Gasteiger charge is -2.36. The summed E-state index contributed by atoms with van der Waals surface area (Å²) in [5.74, 6) is -0.176. The third-order valence-corrected chi connectivity index (χ3v) is 4.46. The number of hydrogen-bond donors (Lipinski definition) is 1. The number of benzene rings is 1. The molecule has 0 saturated carbocycles. The Hall–Kier alpha value is -1.79. The summed E-state index contributed by atoms with van der Waals surface area (Å²) in [4.78, 5) is 30.2. The third kappa shape index (κ3) is 6.50. The monoisotopic (exact) mass is 380 g/mol. The van der Waals surface area contributed by atoms with Crippen molar-refractivity contribution in [3.63, 3.8) is 0 Å². The molecule has 1 aliphatic heterocycles. The smallest absolute Gasteiger partial charge is 0.240 e. The van der Waals surface area contributed by atoms with Crippen LogP contribution in [0.3, 0.4) is 0 Å². The third-order valence-electron chi connectivity index (χ3n) is 4.23. The minimum atomic E-state index is -0.294. The molecule has 2 amide bonds. The number of carbonyl (C=O) groups is 2. The van der Waals surface area contributed by atoms with Crippen LogP contribution in [0.5, 0.6) is 0 Å². The summed E-state index contributed by atoms with van der Waals surface area (Å²) in [6.07, 6.45) is 0. The molecule has 1 aromatic carbocycles. The molecule has 1 N–H and O–H groups in total. The van der Waals surface area contributed by atoms with Crippen LogP contribution in [-0.2, 0) is 9.59 Å². The minimum absolute atomic E-state index is 0.0368. The zero-order chi connectivity index (χ0) is 19.3. The predicted molar refractivity (Wildman–Crippen MR) is 106 cm³/mol. The van der Waals surface area contributed by atoms with E-state index in [0.717, 1.165) is 36.9 Å². The normalized spacial score (nSPS) is 15.7. The van der Waals surface area contributed by atoms with E-state index < -0.39 is 0 Å². The van der Waals surface area contributed by atoms with E-state index in [2.05, 4.69) is 15.1 Å². The highest BCUT2D eigenvalue weighted by Gasteiger charge is 2.22. The van der Waals surface area contributed by atoms with Crippen molar-refractivity contribution in [2.45, 2.75) is 26.3 Å². The average Bonchev–Trinajstić information content (AvgIpc) is 2.53. The number of amides is 2. The van der Waals surface area contributed by atoms with Gasteiger partial charge in [0.15, 0.2) is 0 Å². The van der Waals surface area contributed by atoms with Gasteiger partial charge in [0.1, 0.15) is 0 Å². The molecule has 144 valence electrons. The average molecular weight is 381 g/mol. The van der Waals surface area contributed by atoms with Gasteiger partial charge >= 0.3 is 0 Å². The van der Waals surface area contributed by atoms with Gasteiger partial charge in [-0.3, -0.25) is 14.5 Å². The Bertz CT molecular complexity index is 637. The molecule has 0 spiro atoms. The number of likely N-dealkylation sites (N-methyl/N-ethyl adjacent to an activating group) is 1. The van der Waals surface area contributed by atoms with E-state index in [1.807, 2.05) is 45.0 Å². The summed E-state index contributed by atoms with van der Waals surface area (Å²) in [6.45, 7) is 9.50. The van der Waals surface area contributed by atoms with Gasteiger partial charge in [0.2, 0.25) is 11.8 Å². The molecule has 1 aromatic rings. The van der Waals surface area contributed by atoms with Crippen LogP contribution in [0.2, 0.25) is 5.02 Å². The Morgan fingerprint density at radius 1 is 1.19 bits per heavy atom. The molecule has 26 heavy (non-hydrogen) atoms. The van der Waals surface area contributed by atoms with Crippen molar-refractivity contribution >= 4 is 29.1 Å². The molecule has 1 heterocycles. The summed E-state index contributed by atoms with van der Waals surface area (Å²) < 4.78 is 0.